The quantitative estimate of drug-likeness (QED) is 0.317. The molecule has 0 atom stereocenters. The summed E-state index contributed by atoms with van der Waals surface area (Å²) in [5.41, 5.74) is 0.947. The van der Waals surface area contributed by atoms with E-state index in [4.69, 9.17) is 0 Å². The predicted molar refractivity (Wildman–Crippen MR) is 114 cm³/mol. The first-order valence-corrected chi connectivity index (χ1v) is 14.0. The highest BCUT2D eigenvalue weighted by molar-refractivity contribution is 6.58. The maximum absolute atomic E-state index is 13.3. The van der Waals surface area contributed by atoms with E-state index in [1.165, 1.54) is 69.9 Å². The second-order valence-corrected chi connectivity index (χ2v) is 12.8. The van der Waals surface area contributed by atoms with Crippen molar-refractivity contribution in [3.05, 3.63) is 35.4 Å². The molecule has 1 saturated carbocycles. The van der Waals surface area contributed by atoms with Gasteiger partial charge in [-0.05, 0) is 61.1 Å². The van der Waals surface area contributed by atoms with Crippen LogP contribution in [0.5, 0.6) is 0 Å². The van der Waals surface area contributed by atoms with Crippen LogP contribution in [0.15, 0.2) is 18.2 Å². The lowest BCUT2D eigenvalue weighted by molar-refractivity contribution is 0.186. The van der Waals surface area contributed by atoms with Crippen LogP contribution in [0.3, 0.4) is 0 Å². The largest absolute Gasteiger partial charge is 0.204 e. The standard InChI is InChI=1S/C24H38F2Si/c1-2-3-4-15-27-16-13-22(14-17-27)21-10-7-19(8-11-21)5-6-20-9-12-23(25)24(26)18-20/h9,12,18-19,21-22,27H,2-8,10-11,13-17H2,1H3. The first-order valence-electron chi connectivity index (χ1n) is 11.6. The van der Waals surface area contributed by atoms with Crippen LogP contribution in [0.2, 0.25) is 18.1 Å². The Bertz CT molecular complexity index is 557. The SMILES string of the molecule is CCCCC[SiH]1CCC(C2CCC(CCc3ccc(F)c(F)c3)CC2)CC1. The molecule has 1 aliphatic heterocycles. The molecule has 1 aromatic rings. The van der Waals surface area contributed by atoms with Gasteiger partial charge in [0.15, 0.2) is 11.6 Å². The molecule has 0 aromatic heterocycles. The molecular weight excluding hydrogens is 354 g/mol. The maximum Gasteiger partial charge on any atom is 0.159 e. The molecule has 0 unspecified atom stereocenters. The maximum atomic E-state index is 13.3. The van der Waals surface area contributed by atoms with E-state index in [0.717, 1.165) is 36.2 Å². The molecule has 1 aliphatic carbocycles. The first-order chi connectivity index (χ1) is 13.2. The van der Waals surface area contributed by atoms with Crippen LogP contribution in [-0.4, -0.2) is 8.80 Å². The minimum absolute atomic E-state index is 0.374. The predicted octanol–water partition coefficient (Wildman–Crippen LogP) is 7.53. The zero-order chi connectivity index (χ0) is 19.1. The van der Waals surface area contributed by atoms with E-state index >= 15 is 0 Å². The van der Waals surface area contributed by atoms with Crippen LogP contribution >= 0.6 is 0 Å². The van der Waals surface area contributed by atoms with Gasteiger partial charge in [-0.2, -0.15) is 0 Å². The molecule has 0 spiro atoms. The lowest BCUT2D eigenvalue weighted by Crippen LogP contribution is -2.28. The van der Waals surface area contributed by atoms with Gasteiger partial charge in [-0.3, -0.25) is 0 Å². The number of halogens is 2. The zero-order valence-corrected chi connectivity index (χ0v) is 18.4. The fourth-order valence-electron chi connectivity index (χ4n) is 5.65. The highest BCUT2D eigenvalue weighted by Gasteiger charge is 2.30. The minimum Gasteiger partial charge on any atom is -0.204 e. The summed E-state index contributed by atoms with van der Waals surface area (Å²) in [7, 11) is -0.374. The lowest BCUT2D eigenvalue weighted by atomic mass is 9.73. The van der Waals surface area contributed by atoms with Crippen molar-refractivity contribution in [2.24, 2.45) is 17.8 Å². The normalized spacial score (nSPS) is 29.0. The Balaban J connectivity index is 1.34. The minimum atomic E-state index is -0.734. The molecule has 0 N–H and O–H groups in total. The van der Waals surface area contributed by atoms with Crippen LogP contribution in [0, 0.1) is 29.4 Å². The monoisotopic (exact) mass is 392 g/mol. The van der Waals surface area contributed by atoms with Gasteiger partial charge in [0.25, 0.3) is 0 Å². The Hall–Kier alpha value is -0.703. The number of hydrogen-bond acceptors (Lipinski definition) is 0. The van der Waals surface area contributed by atoms with Gasteiger partial charge in [0.2, 0.25) is 0 Å². The number of hydrogen-bond donors (Lipinski definition) is 0. The average molecular weight is 393 g/mol. The molecule has 3 heteroatoms. The molecule has 0 bridgehead atoms. The van der Waals surface area contributed by atoms with Gasteiger partial charge < -0.3 is 0 Å². The van der Waals surface area contributed by atoms with Crippen molar-refractivity contribution in [1.29, 1.82) is 0 Å². The third-order valence-electron chi connectivity index (χ3n) is 7.49. The van der Waals surface area contributed by atoms with Crippen LogP contribution in [0.1, 0.15) is 76.7 Å². The van der Waals surface area contributed by atoms with E-state index < -0.39 is 11.6 Å². The van der Waals surface area contributed by atoms with Gasteiger partial charge in [0.1, 0.15) is 0 Å². The van der Waals surface area contributed by atoms with Gasteiger partial charge in [-0.25, -0.2) is 8.78 Å². The molecule has 152 valence electrons. The smallest absolute Gasteiger partial charge is 0.159 e. The van der Waals surface area contributed by atoms with E-state index in [-0.39, 0.29) is 8.80 Å². The Morgan fingerprint density at radius 1 is 0.889 bits per heavy atom. The molecule has 1 aromatic carbocycles. The molecular formula is C24H38F2Si. The van der Waals surface area contributed by atoms with Gasteiger partial charge in [-0.1, -0.05) is 76.1 Å². The molecule has 0 nitrogen and oxygen atoms in total. The summed E-state index contributed by atoms with van der Waals surface area (Å²) in [6.45, 7) is 2.31. The Morgan fingerprint density at radius 2 is 1.59 bits per heavy atom. The van der Waals surface area contributed by atoms with Gasteiger partial charge in [-0.15, -0.1) is 0 Å². The summed E-state index contributed by atoms with van der Waals surface area (Å²) in [5, 5.41) is 0. The van der Waals surface area contributed by atoms with Crippen molar-refractivity contribution in [3.8, 4) is 0 Å². The molecule has 1 heterocycles. The van der Waals surface area contributed by atoms with Crippen LogP contribution in [-0.2, 0) is 6.42 Å². The molecule has 0 amide bonds. The van der Waals surface area contributed by atoms with Crippen molar-refractivity contribution in [1.82, 2.24) is 0 Å². The second kappa shape index (κ2) is 10.7. The summed E-state index contributed by atoms with van der Waals surface area (Å²) in [5.74, 6) is 1.35. The number of aryl methyl sites for hydroxylation is 1. The Labute approximate surface area is 166 Å². The summed E-state index contributed by atoms with van der Waals surface area (Å²) in [6.07, 6.45) is 14.9. The third-order valence-corrected chi connectivity index (χ3v) is 11.0. The molecule has 2 fully saturated rings. The fraction of sp³-hybridized carbons (Fsp3) is 0.750. The van der Waals surface area contributed by atoms with Crippen molar-refractivity contribution < 1.29 is 8.78 Å². The Kier molecular flexibility index (Phi) is 8.36. The first kappa shape index (κ1) is 21.0. The van der Waals surface area contributed by atoms with Gasteiger partial charge >= 0.3 is 0 Å². The number of benzene rings is 1. The molecule has 1 saturated heterocycles. The van der Waals surface area contributed by atoms with Crippen LogP contribution in [0.25, 0.3) is 0 Å². The van der Waals surface area contributed by atoms with E-state index in [1.54, 1.807) is 24.2 Å². The topological polar surface area (TPSA) is 0 Å². The molecule has 0 radical (unpaired) electrons. The summed E-state index contributed by atoms with van der Waals surface area (Å²) in [4.78, 5) is 0. The van der Waals surface area contributed by atoms with Crippen molar-refractivity contribution >= 4 is 8.80 Å². The Morgan fingerprint density at radius 3 is 2.26 bits per heavy atom. The molecule has 2 aliphatic rings. The fourth-order valence-corrected chi connectivity index (χ4v) is 9.18. The van der Waals surface area contributed by atoms with Gasteiger partial charge in [0, 0.05) is 8.80 Å². The highest BCUT2D eigenvalue weighted by Crippen LogP contribution is 2.42. The van der Waals surface area contributed by atoms with Crippen LogP contribution in [0.4, 0.5) is 8.78 Å². The van der Waals surface area contributed by atoms with Crippen molar-refractivity contribution in [3.63, 3.8) is 0 Å². The number of rotatable bonds is 8. The molecule has 27 heavy (non-hydrogen) atoms. The second-order valence-electron chi connectivity index (χ2n) is 9.34. The highest BCUT2D eigenvalue weighted by atomic mass is 28.3. The van der Waals surface area contributed by atoms with Crippen molar-refractivity contribution in [2.75, 3.05) is 0 Å². The number of unbranched alkanes of at least 4 members (excludes halogenated alkanes) is 2. The summed E-state index contributed by atoms with van der Waals surface area (Å²) in [6, 6.07) is 9.23. The third kappa shape index (κ3) is 6.41. The van der Waals surface area contributed by atoms with Crippen LogP contribution < -0.4 is 0 Å². The van der Waals surface area contributed by atoms with Crippen molar-refractivity contribution in [2.45, 2.75) is 95.7 Å². The van der Waals surface area contributed by atoms with E-state index in [2.05, 4.69) is 6.92 Å². The van der Waals surface area contributed by atoms with E-state index in [9.17, 15) is 8.78 Å². The average Bonchev–Trinajstić information content (AvgIpc) is 2.70. The van der Waals surface area contributed by atoms with E-state index in [0.29, 0.717) is 0 Å². The summed E-state index contributed by atoms with van der Waals surface area (Å²) < 4.78 is 26.4. The summed E-state index contributed by atoms with van der Waals surface area (Å²) >= 11 is 0. The van der Waals surface area contributed by atoms with Gasteiger partial charge in [0.05, 0.1) is 0 Å². The zero-order valence-electron chi connectivity index (χ0n) is 17.2. The lowest BCUT2D eigenvalue weighted by Gasteiger charge is -2.37. The van der Waals surface area contributed by atoms with E-state index in [1.807, 2.05) is 0 Å². The molecule has 3 rings (SSSR count).